The summed E-state index contributed by atoms with van der Waals surface area (Å²) in [4.78, 5) is 13.0. The molecule has 0 aromatic heterocycles. The molecule has 0 aliphatic rings. The third-order valence-corrected chi connectivity index (χ3v) is 4.86. The molecule has 0 aliphatic carbocycles. The van der Waals surface area contributed by atoms with Gasteiger partial charge in [-0.3, -0.25) is 4.79 Å². The quantitative estimate of drug-likeness (QED) is 0.669. The van der Waals surface area contributed by atoms with Crippen LogP contribution in [0.2, 0.25) is 0 Å². The minimum absolute atomic E-state index is 0.0635. The molecule has 0 heterocycles. The molecule has 5 nitrogen and oxygen atoms in total. The molecule has 3 N–H and O–H groups in total. The molecule has 0 aliphatic heterocycles. The maximum Gasteiger partial charge on any atom is 0.417 e. The summed E-state index contributed by atoms with van der Waals surface area (Å²) in [5.41, 5.74) is -3.77. The zero-order chi connectivity index (χ0) is 20.2. The second-order valence-corrected chi connectivity index (χ2v) is 6.93. The number of aliphatic hydroxyl groups is 1. The number of benzene rings is 2. The summed E-state index contributed by atoms with van der Waals surface area (Å²) >= 11 is 1.14. The Bertz CT molecular complexity index is 875. The first-order chi connectivity index (χ1) is 12.5. The smallest absolute Gasteiger partial charge is 0.417 e. The second kappa shape index (κ2) is 7.90. The highest BCUT2D eigenvalue weighted by molar-refractivity contribution is 7.99. The lowest BCUT2D eigenvalue weighted by atomic mass is 10.1. The molecule has 27 heavy (non-hydrogen) atoms. The van der Waals surface area contributed by atoms with E-state index in [1.54, 1.807) is 12.1 Å². The molecule has 1 atom stereocenters. The predicted molar refractivity (Wildman–Crippen MR) is 94.2 cm³/mol. The van der Waals surface area contributed by atoms with Crippen molar-refractivity contribution in [3.63, 3.8) is 0 Å². The number of anilines is 1. The topological polar surface area (TPSA) is 93.3 Å². The van der Waals surface area contributed by atoms with Crippen LogP contribution in [-0.2, 0) is 11.0 Å². The molecule has 0 spiro atoms. The van der Waals surface area contributed by atoms with Crippen LogP contribution in [0, 0.1) is 11.3 Å². The zero-order valence-corrected chi connectivity index (χ0v) is 14.9. The van der Waals surface area contributed by atoms with Crippen LogP contribution in [0.3, 0.4) is 0 Å². The normalized spacial score (nSPS) is 13.5. The van der Waals surface area contributed by atoms with Crippen molar-refractivity contribution in [3.8, 4) is 11.8 Å². The van der Waals surface area contributed by atoms with Crippen molar-refractivity contribution < 1.29 is 28.2 Å². The van der Waals surface area contributed by atoms with E-state index in [0.717, 1.165) is 23.9 Å². The fourth-order valence-corrected chi connectivity index (χ4v) is 2.96. The Balaban J connectivity index is 2.11. The third kappa shape index (κ3) is 5.39. The Labute approximate surface area is 157 Å². The molecule has 0 bridgehead atoms. The van der Waals surface area contributed by atoms with E-state index in [-0.39, 0.29) is 17.2 Å². The van der Waals surface area contributed by atoms with Crippen molar-refractivity contribution >= 4 is 23.4 Å². The molecule has 1 amide bonds. The van der Waals surface area contributed by atoms with Gasteiger partial charge in [-0.05, 0) is 49.4 Å². The predicted octanol–water partition coefficient (Wildman–Crippen LogP) is 3.76. The summed E-state index contributed by atoms with van der Waals surface area (Å²) in [5, 5.41) is 30.6. The van der Waals surface area contributed by atoms with Crippen LogP contribution >= 0.6 is 11.8 Å². The summed E-state index contributed by atoms with van der Waals surface area (Å²) in [6.07, 6.45) is -4.75. The SMILES string of the molecule is C[C@](O)(CSc1ccc(O)cc1)C(=O)Nc1ccc(C#N)c(C(F)(F)F)c1. The average Bonchev–Trinajstić information content (AvgIpc) is 2.60. The van der Waals surface area contributed by atoms with E-state index in [1.807, 2.05) is 0 Å². The molecule has 0 saturated heterocycles. The highest BCUT2D eigenvalue weighted by atomic mass is 32.2. The standard InChI is InChI=1S/C18H15F3N2O3S/c1-17(26,10-27-14-6-4-13(24)5-7-14)16(25)23-12-3-2-11(9-22)15(8-12)18(19,20)21/h2-8,24,26H,10H2,1H3,(H,23,25)/t17-/m0/s1. The monoisotopic (exact) mass is 396 g/mol. The summed E-state index contributed by atoms with van der Waals surface area (Å²) < 4.78 is 39.0. The number of aromatic hydroxyl groups is 1. The Hall–Kier alpha value is -2.70. The molecule has 0 radical (unpaired) electrons. The van der Waals surface area contributed by atoms with Crippen LogP contribution in [0.25, 0.3) is 0 Å². The molecule has 0 saturated carbocycles. The highest BCUT2D eigenvalue weighted by Gasteiger charge is 2.35. The Morgan fingerprint density at radius 1 is 1.22 bits per heavy atom. The average molecular weight is 396 g/mol. The van der Waals surface area contributed by atoms with Gasteiger partial charge in [0.1, 0.15) is 11.4 Å². The largest absolute Gasteiger partial charge is 0.508 e. The lowest BCUT2D eigenvalue weighted by Gasteiger charge is -2.22. The minimum Gasteiger partial charge on any atom is -0.508 e. The Kier molecular flexibility index (Phi) is 6.03. The first-order valence-electron chi connectivity index (χ1n) is 7.60. The van der Waals surface area contributed by atoms with Gasteiger partial charge in [-0.2, -0.15) is 18.4 Å². The van der Waals surface area contributed by atoms with Gasteiger partial charge in [-0.25, -0.2) is 0 Å². The van der Waals surface area contributed by atoms with Crippen LogP contribution in [0.4, 0.5) is 18.9 Å². The molecule has 0 unspecified atom stereocenters. The number of hydrogen-bond acceptors (Lipinski definition) is 5. The lowest BCUT2D eigenvalue weighted by Crippen LogP contribution is -2.42. The number of halogens is 3. The van der Waals surface area contributed by atoms with Gasteiger partial charge in [0.2, 0.25) is 0 Å². The fraction of sp³-hybridized carbons (Fsp3) is 0.222. The number of nitriles is 1. The van der Waals surface area contributed by atoms with Crippen molar-refractivity contribution in [1.29, 1.82) is 5.26 Å². The van der Waals surface area contributed by atoms with Gasteiger partial charge in [0, 0.05) is 16.3 Å². The number of phenolic OH excluding ortho intramolecular Hbond substituents is 1. The van der Waals surface area contributed by atoms with Gasteiger partial charge in [0.05, 0.1) is 17.2 Å². The van der Waals surface area contributed by atoms with Gasteiger partial charge in [-0.15, -0.1) is 11.8 Å². The number of rotatable bonds is 5. The first kappa shape index (κ1) is 20.6. The second-order valence-electron chi connectivity index (χ2n) is 5.88. The fourth-order valence-electron chi connectivity index (χ4n) is 2.05. The maximum absolute atomic E-state index is 13.0. The van der Waals surface area contributed by atoms with Gasteiger partial charge in [-0.1, -0.05) is 0 Å². The number of amides is 1. The van der Waals surface area contributed by atoms with E-state index in [1.165, 1.54) is 25.1 Å². The van der Waals surface area contributed by atoms with Crippen LogP contribution in [0.1, 0.15) is 18.1 Å². The molecule has 142 valence electrons. The van der Waals surface area contributed by atoms with E-state index in [2.05, 4.69) is 5.32 Å². The summed E-state index contributed by atoms with van der Waals surface area (Å²) in [7, 11) is 0. The van der Waals surface area contributed by atoms with Gasteiger partial charge >= 0.3 is 6.18 Å². The number of alkyl halides is 3. The van der Waals surface area contributed by atoms with Crippen LogP contribution < -0.4 is 5.32 Å². The van der Waals surface area contributed by atoms with E-state index >= 15 is 0 Å². The van der Waals surface area contributed by atoms with E-state index in [9.17, 15) is 28.2 Å². The Morgan fingerprint density at radius 3 is 2.41 bits per heavy atom. The van der Waals surface area contributed by atoms with Gasteiger partial charge in [0.15, 0.2) is 0 Å². The van der Waals surface area contributed by atoms with E-state index in [4.69, 9.17) is 5.26 Å². The highest BCUT2D eigenvalue weighted by Crippen LogP contribution is 2.34. The summed E-state index contributed by atoms with van der Waals surface area (Å²) in [6.45, 7) is 1.24. The number of carbonyl (C=O) groups excluding carboxylic acids is 1. The Morgan fingerprint density at radius 2 is 1.85 bits per heavy atom. The van der Waals surface area contributed by atoms with E-state index < -0.39 is 28.8 Å². The van der Waals surface area contributed by atoms with Gasteiger partial charge in [0.25, 0.3) is 5.91 Å². The van der Waals surface area contributed by atoms with Crippen LogP contribution in [-0.4, -0.2) is 27.5 Å². The number of thioether (sulfide) groups is 1. The zero-order valence-electron chi connectivity index (χ0n) is 14.0. The number of hydrogen-bond donors (Lipinski definition) is 3. The number of nitrogens with one attached hydrogen (secondary N) is 1. The molecule has 2 rings (SSSR count). The third-order valence-electron chi connectivity index (χ3n) is 3.55. The lowest BCUT2D eigenvalue weighted by molar-refractivity contribution is -0.137. The molecule has 2 aromatic carbocycles. The van der Waals surface area contributed by atoms with Crippen molar-refractivity contribution in [2.24, 2.45) is 0 Å². The molecule has 9 heteroatoms. The summed E-state index contributed by atoms with van der Waals surface area (Å²) in [6, 6.07) is 10.3. The van der Waals surface area contributed by atoms with Crippen molar-refractivity contribution in [2.45, 2.75) is 23.6 Å². The molecule has 0 fully saturated rings. The number of nitrogens with zero attached hydrogens (tertiary/aromatic N) is 1. The number of phenols is 1. The van der Waals surface area contributed by atoms with Crippen molar-refractivity contribution in [3.05, 3.63) is 53.6 Å². The molecular weight excluding hydrogens is 381 g/mol. The van der Waals surface area contributed by atoms with Crippen LogP contribution in [0.5, 0.6) is 5.75 Å². The number of carbonyl (C=O) groups is 1. The van der Waals surface area contributed by atoms with Crippen LogP contribution in [0.15, 0.2) is 47.4 Å². The van der Waals surface area contributed by atoms with Gasteiger partial charge < -0.3 is 15.5 Å². The molecular formula is C18H15F3N2O3S. The van der Waals surface area contributed by atoms with E-state index in [0.29, 0.717) is 11.0 Å². The van der Waals surface area contributed by atoms with Crippen molar-refractivity contribution in [2.75, 3.05) is 11.1 Å². The maximum atomic E-state index is 13.0. The summed E-state index contributed by atoms with van der Waals surface area (Å²) in [5.74, 6) is -0.872. The molecule has 2 aromatic rings. The first-order valence-corrected chi connectivity index (χ1v) is 8.58. The minimum atomic E-state index is -4.75. The van der Waals surface area contributed by atoms with Crippen molar-refractivity contribution in [1.82, 2.24) is 0 Å².